The quantitative estimate of drug-likeness (QED) is 0.794. The Balaban J connectivity index is 2.30. The van der Waals surface area contributed by atoms with Gasteiger partial charge in [-0.05, 0) is 48.4 Å². The minimum atomic E-state index is -1.13. The predicted molar refractivity (Wildman–Crippen MR) is 96.8 cm³/mol. The summed E-state index contributed by atoms with van der Waals surface area (Å²) in [5.74, 6) is -3.95. The van der Waals surface area contributed by atoms with E-state index in [0.29, 0.717) is 11.4 Å². The number of thiophene rings is 1. The Morgan fingerprint density at radius 2 is 1.96 bits per heavy atom. The lowest BCUT2D eigenvalue weighted by Gasteiger charge is -2.29. The van der Waals surface area contributed by atoms with Crippen molar-refractivity contribution in [2.24, 2.45) is 10.9 Å². The van der Waals surface area contributed by atoms with Crippen LogP contribution in [0.15, 0.2) is 44.3 Å². The molecule has 0 spiro atoms. The van der Waals surface area contributed by atoms with E-state index >= 15 is 0 Å². The molecule has 0 amide bonds. The summed E-state index contributed by atoms with van der Waals surface area (Å²) in [4.78, 5) is 27.8. The number of benzene rings is 1. The molecule has 124 valence electrons. The number of rotatable bonds is 3. The van der Waals surface area contributed by atoms with Gasteiger partial charge < -0.3 is 10.2 Å². The molecular formula is C17H14BrNO4S. The molecule has 2 heterocycles. The van der Waals surface area contributed by atoms with Crippen LogP contribution >= 0.6 is 27.3 Å². The Kier molecular flexibility index (Phi) is 4.31. The lowest BCUT2D eigenvalue weighted by atomic mass is 9.75. The van der Waals surface area contributed by atoms with Gasteiger partial charge in [-0.25, -0.2) is 4.79 Å². The second-order valence-corrected chi connectivity index (χ2v) is 7.51. The summed E-state index contributed by atoms with van der Waals surface area (Å²) < 4.78 is 1.85. The molecule has 1 aromatic heterocycles. The Bertz CT molecular complexity index is 928. The van der Waals surface area contributed by atoms with E-state index in [0.717, 1.165) is 20.1 Å². The van der Waals surface area contributed by atoms with Crippen LogP contribution in [0.1, 0.15) is 25.3 Å². The van der Waals surface area contributed by atoms with Crippen molar-refractivity contribution in [1.82, 2.24) is 0 Å². The lowest BCUT2D eigenvalue weighted by molar-refractivity contribution is -0.140. The number of carboxylic acids is 2. The van der Waals surface area contributed by atoms with Crippen LogP contribution in [0.5, 0.6) is 0 Å². The largest absolute Gasteiger partial charge is 0.481 e. The molecular weight excluding hydrogens is 394 g/mol. The molecule has 0 aliphatic carbocycles. The number of hydrogen-bond donors (Lipinski definition) is 2. The van der Waals surface area contributed by atoms with Crippen molar-refractivity contribution in [3.05, 3.63) is 44.9 Å². The average molecular weight is 408 g/mol. The standard InChI is InChI=1S/C17H14BrNO4S/c1-7-13(16(20)21)15(14(17(22)23)8(2)19-7)11-6-24-12-4-3-9(18)5-10(11)12/h3-6,13,15H,1-2H3,(H,20,21)(H,22,23). The molecule has 0 saturated carbocycles. The molecule has 5 nitrogen and oxygen atoms in total. The number of nitrogens with zero attached hydrogens (tertiary/aromatic N) is 1. The van der Waals surface area contributed by atoms with Gasteiger partial charge in [-0.3, -0.25) is 9.79 Å². The summed E-state index contributed by atoms with van der Waals surface area (Å²) in [5, 5.41) is 22.1. The van der Waals surface area contributed by atoms with Crippen molar-refractivity contribution in [1.29, 1.82) is 0 Å². The summed E-state index contributed by atoms with van der Waals surface area (Å²) in [5.41, 5.74) is 1.54. The van der Waals surface area contributed by atoms with Gasteiger partial charge in [0.25, 0.3) is 0 Å². The molecule has 0 saturated heterocycles. The minimum absolute atomic E-state index is 0.0488. The smallest absolute Gasteiger partial charge is 0.334 e. The molecule has 7 heteroatoms. The fourth-order valence-corrected chi connectivity index (χ4v) is 4.57. The summed E-state index contributed by atoms with van der Waals surface area (Å²) in [6.07, 6.45) is 0. The lowest BCUT2D eigenvalue weighted by Crippen LogP contribution is -2.34. The van der Waals surface area contributed by atoms with E-state index in [4.69, 9.17) is 0 Å². The Morgan fingerprint density at radius 1 is 1.25 bits per heavy atom. The fraction of sp³-hybridized carbons (Fsp3) is 0.235. The number of allylic oxidation sites excluding steroid dienone is 1. The first-order chi connectivity index (χ1) is 11.3. The monoisotopic (exact) mass is 407 g/mol. The zero-order chi connectivity index (χ0) is 17.6. The second-order valence-electron chi connectivity index (χ2n) is 5.68. The first kappa shape index (κ1) is 16.9. The van der Waals surface area contributed by atoms with Gasteiger partial charge in [-0.1, -0.05) is 15.9 Å². The van der Waals surface area contributed by atoms with Crippen LogP contribution in [-0.2, 0) is 9.59 Å². The number of carboxylic acid groups (broad SMARTS) is 2. The summed E-state index contributed by atoms with van der Waals surface area (Å²) in [6.45, 7) is 3.25. The highest BCUT2D eigenvalue weighted by Crippen LogP contribution is 2.44. The number of carbonyl (C=O) groups is 2. The Labute approximate surface area is 150 Å². The van der Waals surface area contributed by atoms with Crippen molar-refractivity contribution in [2.45, 2.75) is 19.8 Å². The van der Waals surface area contributed by atoms with E-state index < -0.39 is 23.8 Å². The van der Waals surface area contributed by atoms with E-state index in [2.05, 4.69) is 20.9 Å². The van der Waals surface area contributed by atoms with Gasteiger partial charge in [0, 0.05) is 26.5 Å². The molecule has 0 fully saturated rings. The van der Waals surface area contributed by atoms with Crippen molar-refractivity contribution in [2.75, 3.05) is 0 Å². The van der Waals surface area contributed by atoms with E-state index in [-0.39, 0.29) is 5.57 Å². The molecule has 24 heavy (non-hydrogen) atoms. The van der Waals surface area contributed by atoms with Crippen molar-refractivity contribution in [3.8, 4) is 0 Å². The zero-order valence-corrected chi connectivity index (χ0v) is 15.3. The van der Waals surface area contributed by atoms with Gasteiger partial charge in [-0.2, -0.15) is 0 Å². The molecule has 1 aliphatic heterocycles. The molecule has 1 aromatic carbocycles. The first-order valence-corrected chi connectivity index (χ1v) is 8.87. The third-order valence-corrected chi connectivity index (χ3v) is 5.70. The van der Waals surface area contributed by atoms with Crippen molar-refractivity contribution >= 4 is 55.0 Å². The van der Waals surface area contributed by atoms with Gasteiger partial charge in [0.05, 0.1) is 5.57 Å². The minimum Gasteiger partial charge on any atom is -0.481 e. The highest BCUT2D eigenvalue weighted by Gasteiger charge is 2.41. The molecule has 3 rings (SSSR count). The van der Waals surface area contributed by atoms with Crippen molar-refractivity contribution in [3.63, 3.8) is 0 Å². The van der Waals surface area contributed by atoms with Crippen LogP contribution in [0.2, 0.25) is 0 Å². The fourth-order valence-electron chi connectivity index (χ4n) is 3.23. The van der Waals surface area contributed by atoms with Gasteiger partial charge in [0.2, 0.25) is 0 Å². The normalized spacial score (nSPS) is 21.0. The van der Waals surface area contributed by atoms with Gasteiger partial charge in [-0.15, -0.1) is 11.3 Å². The molecule has 2 N–H and O–H groups in total. The molecule has 0 bridgehead atoms. The maximum atomic E-state index is 11.8. The maximum absolute atomic E-state index is 11.8. The van der Waals surface area contributed by atoms with E-state index in [9.17, 15) is 19.8 Å². The average Bonchev–Trinajstić information content (AvgIpc) is 2.87. The van der Waals surface area contributed by atoms with Crippen LogP contribution in [0.4, 0.5) is 0 Å². The molecule has 2 aromatic rings. The molecule has 1 aliphatic rings. The molecule has 2 atom stereocenters. The molecule has 2 unspecified atom stereocenters. The van der Waals surface area contributed by atoms with Crippen LogP contribution in [0.25, 0.3) is 10.1 Å². The highest BCUT2D eigenvalue weighted by atomic mass is 79.9. The van der Waals surface area contributed by atoms with Crippen LogP contribution in [0, 0.1) is 5.92 Å². The van der Waals surface area contributed by atoms with E-state index in [1.165, 1.54) is 11.3 Å². The predicted octanol–water partition coefficient (Wildman–Crippen LogP) is 4.28. The zero-order valence-electron chi connectivity index (χ0n) is 12.9. The number of fused-ring (bicyclic) bond motifs is 1. The van der Waals surface area contributed by atoms with Crippen LogP contribution < -0.4 is 0 Å². The number of hydrogen-bond acceptors (Lipinski definition) is 4. The summed E-state index contributed by atoms with van der Waals surface area (Å²) in [7, 11) is 0. The second kappa shape index (κ2) is 6.14. The Hall–Kier alpha value is -1.99. The van der Waals surface area contributed by atoms with Gasteiger partial charge >= 0.3 is 11.9 Å². The summed E-state index contributed by atoms with van der Waals surface area (Å²) >= 11 is 4.90. The number of aliphatic carboxylic acids is 2. The van der Waals surface area contributed by atoms with Crippen LogP contribution in [0.3, 0.4) is 0 Å². The van der Waals surface area contributed by atoms with E-state index in [1.54, 1.807) is 13.8 Å². The third-order valence-electron chi connectivity index (χ3n) is 4.23. The Morgan fingerprint density at radius 3 is 2.58 bits per heavy atom. The highest BCUT2D eigenvalue weighted by molar-refractivity contribution is 9.10. The number of aliphatic imine (C=N–C) groups is 1. The number of halogens is 1. The van der Waals surface area contributed by atoms with E-state index in [1.807, 2.05) is 23.6 Å². The SMILES string of the molecule is CC1=NC(C)=C(C(=O)O)C(c2csc3ccc(Br)cc23)C1C(=O)O. The maximum Gasteiger partial charge on any atom is 0.334 e. The molecule has 0 radical (unpaired) electrons. The van der Waals surface area contributed by atoms with Crippen LogP contribution in [-0.4, -0.2) is 27.9 Å². The topological polar surface area (TPSA) is 87.0 Å². The summed E-state index contributed by atoms with van der Waals surface area (Å²) in [6, 6.07) is 5.74. The van der Waals surface area contributed by atoms with Gasteiger partial charge in [0.15, 0.2) is 0 Å². The third kappa shape index (κ3) is 2.67. The first-order valence-electron chi connectivity index (χ1n) is 7.20. The van der Waals surface area contributed by atoms with Crippen molar-refractivity contribution < 1.29 is 19.8 Å². The van der Waals surface area contributed by atoms with Gasteiger partial charge in [0.1, 0.15) is 5.92 Å².